The molecule has 1 unspecified atom stereocenters. The minimum absolute atomic E-state index is 0.102. The van der Waals surface area contributed by atoms with Crippen LogP contribution in [-0.4, -0.2) is 10.2 Å². The lowest BCUT2D eigenvalue weighted by Gasteiger charge is -2.15. The molecule has 0 bridgehead atoms. The summed E-state index contributed by atoms with van der Waals surface area (Å²) < 4.78 is 75.1. The summed E-state index contributed by atoms with van der Waals surface area (Å²) in [6.45, 7) is -2.70. The molecule has 2 nitrogen and oxygen atoms in total. The third-order valence-electron chi connectivity index (χ3n) is 2.56. The van der Waals surface area contributed by atoms with Gasteiger partial charge < -0.3 is 0 Å². The molecule has 0 saturated heterocycles. The minimum Gasteiger partial charge on any atom is -0.207 e. The molecule has 1 aromatic heterocycles. The summed E-state index contributed by atoms with van der Waals surface area (Å²) in [6, 6.07) is 3.05. The van der Waals surface area contributed by atoms with E-state index in [0.717, 1.165) is 12.3 Å². The molecule has 1 atom stereocenters. The average molecular weight is 352 g/mol. The van der Waals surface area contributed by atoms with Crippen molar-refractivity contribution < 1.29 is 21.7 Å². The molecule has 0 aliphatic heterocycles. The Bertz CT molecular complexity index is 719. The van der Waals surface area contributed by atoms with E-state index in [2.05, 4.69) is 26.1 Å². The number of rotatable bonds is 2. The minimum atomic E-state index is -4.78. The summed E-state index contributed by atoms with van der Waals surface area (Å²) in [4.78, 5) is 0. The van der Waals surface area contributed by atoms with Gasteiger partial charge in [-0.15, -0.1) is 5.10 Å². The third-order valence-corrected chi connectivity index (χ3v) is 2.95. The van der Waals surface area contributed by atoms with Crippen LogP contribution in [0.2, 0.25) is 0 Å². The Morgan fingerprint density at radius 1 is 1.20 bits per heavy atom. The molecule has 2 aromatic rings. The molecular formula is C13H9BrF4N2. The molecule has 0 N–H and O–H groups in total. The Morgan fingerprint density at radius 3 is 2.55 bits per heavy atom. The third kappa shape index (κ3) is 3.33. The van der Waals surface area contributed by atoms with Crippen molar-refractivity contribution in [2.45, 2.75) is 18.9 Å². The maximum atomic E-state index is 13.6. The molecule has 0 radical (unpaired) electrons. The Hall–Kier alpha value is -1.50. The van der Waals surface area contributed by atoms with Crippen LogP contribution in [0, 0.1) is 5.82 Å². The van der Waals surface area contributed by atoms with Crippen molar-refractivity contribution in [3.05, 3.63) is 57.6 Å². The standard InChI is InChI=1S/C13H9BrF4N2/c1-7(9-4-12(14)20-19-6-9)8-2-10(13(16,17)18)5-11(15)3-8/h2-7H,1H3/i1D3. The summed E-state index contributed by atoms with van der Waals surface area (Å²) in [7, 11) is 0. The summed E-state index contributed by atoms with van der Waals surface area (Å²) in [5, 5.41) is 7.18. The lowest BCUT2D eigenvalue weighted by molar-refractivity contribution is -0.137. The first-order valence-electron chi connectivity index (χ1n) is 6.84. The van der Waals surface area contributed by atoms with E-state index in [-0.39, 0.29) is 15.7 Å². The topological polar surface area (TPSA) is 25.8 Å². The lowest BCUT2D eigenvalue weighted by atomic mass is 9.93. The van der Waals surface area contributed by atoms with Gasteiger partial charge in [-0.25, -0.2) is 4.39 Å². The highest BCUT2D eigenvalue weighted by Gasteiger charge is 2.31. The van der Waals surface area contributed by atoms with Gasteiger partial charge in [0.25, 0.3) is 0 Å². The van der Waals surface area contributed by atoms with E-state index in [1.807, 2.05) is 0 Å². The van der Waals surface area contributed by atoms with Crippen LogP contribution in [0.15, 0.2) is 35.1 Å². The predicted octanol–water partition coefficient (Wildman–Crippen LogP) is 4.55. The first kappa shape index (κ1) is 11.2. The van der Waals surface area contributed by atoms with E-state index in [1.165, 1.54) is 6.07 Å². The molecular weight excluding hydrogens is 340 g/mol. The Balaban J connectivity index is 2.64. The lowest BCUT2D eigenvalue weighted by Crippen LogP contribution is -2.08. The van der Waals surface area contributed by atoms with Gasteiger partial charge in [-0.05, 0) is 51.3 Å². The van der Waals surface area contributed by atoms with Gasteiger partial charge in [0, 0.05) is 10.0 Å². The molecule has 20 heavy (non-hydrogen) atoms. The molecule has 0 aliphatic rings. The van der Waals surface area contributed by atoms with Gasteiger partial charge in [-0.3, -0.25) is 0 Å². The fraction of sp³-hybridized carbons (Fsp3) is 0.231. The van der Waals surface area contributed by atoms with E-state index in [0.29, 0.717) is 12.1 Å². The monoisotopic (exact) mass is 351 g/mol. The highest BCUT2D eigenvalue weighted by Crippen LogP contribution is 2.33. The maximum absolute atomic E-state index is 13.6. The Labute approximate surface area is 125 Å². The first-order valence-corrected chi connectivity index (χ1v) is 6.13. The number of benzene rings is 1. The van der Waals surface area contributed by atoms with E-state index >= 15 is 0 Å². The van der Waals surface area contributed by atoms with Crippen molar-refractivity contribution in [2.24, 2.45) is 0 Å². The summed E-state index contributed by atoms with van der Waals surface area (Å²) in [5.74, 6) is -2.63. The number of alkyl halides is 3. The molecule has 0 amide bonds. The quantitative estimate of drug-likeness (QED) is 0.742. The number of aromatic nitrogens is 2. The summed E-state index contributed by atoms with van der Waals surface area (Å²) in [5.41, 5.74) is -1.45. The molecule has 0 aliphatic carbocycles. The fourth-order valence-electron chi connectivity index (χ4n) is 1.65. The molecule has 7 heteroatoms. The van der Waals surface area contributed by atoms with E-state index in [9.17, 15) is 17.6 Å². The van der Waals surface area contributed by atoms with Crippen LogP contribution >= 0.6 is 15.9 Å². The Kier molecular flexibility index (Phi) is 3.06. The highest BCUT2D eigenvalue weighted by molar-refractivity contribution is 9.10. The van der Waals surface area contributed by atoms with Gasteiger partial charge in [0.1, 0.15) is 10.4 Å². The van der Waals surface area contributed by atoms with Gasteiger partial charge in [0.05, 0.1) is 11.8 Å². The largest absolute Gasteiger partial charge is 0.416 e. The zero-order chi connectivity index (χ0) is 17.4. The average Bonchev–Trinajstić information content (AvgIpc) is 2.35. The van der Waals surface area contributed by atoms with Gasteiger partial charge in [0.2, 0.25) is 0 Å². The second kappa shape index (κ2) is 5.47. The summed E-state index contributed by atoms with van der Waals surface area (Å²) >= 11 is 3.02. The van der Waals surface area contributed by atoms with Crippen LogP contribution in [0.25, 0.3) is 0 Å². The number of hydrogen-bond acceptors (Lipinski definition) is 2. The van der Waals surface area contributed by atoms with Crippen LogP contribution < -0.4 is 0 Å². The van der Waals surface area contributed by atoms with Crippen molar-refractivity contribution >= 4 is 15.9 Å². The predicted molar refractivity (Wildman–Crippen MR) is 68.7 cm³/mol. The highest BCUT2D eigenvalue weighted by atomic mass is 79.9. The van der Waals surface area contributed by atoms with Crippen LogP contribution in [0.5, 0.6) is 0 Å². The maximum Gasteiger partial charge on any atom is 0.416 e. The molecule has 106 valence electrons. The number of halogens is 5. The van der Waals surface area contributed by atoms with Gasteiger partial charge in [-0.1, -0.05) is 6.85 Å². The van der Waals surface area contributed by atoms with E-state index < -0.39 is 30.3 Å². The normalized spacial score (nSPS) is 16.1. The fourth-order valence-corrected chi connectivity index (χ4v) is 2.00. The van der Waals surface area contributed by atoms with Gasteiger partial charge in [0.15, 0.2) is 0 Å². The van der Waals surface area contributed by atoms with E-state index in [4.69, 9.17) is 4.11 Å². The van der Waals surface area contributed by atoms with Crippen molar-refractivity contribution in [3.63, 3.8) is 0 Å². The van der Waals surface area contributed by atoms with Crippen LogP contribution in [-0.2, 0) is 6.18 Å². The first-order chi connectivity index (χ1) is 10.5. The van der Waals surface area contributed by atoms with Gasteiger partial charge >= 0.3 is 6.18 Å². The van der Waals surface area contributed by atoms with E-state index in [1.54, 1.807) is 0 Å². The molecule has 0 spiro atoms. The Morgan fingerprint density at radius 2 is 1.95 bits per heavy atom. The van der Waals surface area contributed by atoms with Crippen LogP contribution in [0.1, 0.15) is 33.6 Å². The summed E-state index contributed by atoms with van der Waals surface area (Å²) in [6.07, 6.45) is -3.66. The smallest absolute Gasteiger partial charge is 0.207 e. The van der Waals surface area contributed by atoms with Crippen LogP contribution in [0.4, 0.5) is 17.6 Å². The zero-order valence-electron chi connectivity index (χ0n) is 12.7. The van der Waals surface area contributed by atoms with Crippen molar-refractivity contribution in [2.75, 3.05) is 0 Å². The second-order valence-corrected chi connectivity index (χ2v) is 4.83. The second-order valence-electron chi connectivity index (χ2n) is 4.02. The molecule has 1 aromatic carbocycles. The van der Waals surface area contributed by atoms with Crippen molar-refractivity contribution in [3.8, 4) is 0 Å². The molecule has 1 heterocycles. The number of nitrogens with zero attached hydrogens (tertiary/aromatic N) is 2. The molecule has 0 saturated carbocycles. The van der Waals surface area contributed by atoms with Gasteiger partial charge in [-0.2, -0.15) is 18.3 Å². The zero-order valence-corrected chi connectivity index (χ0v) is 11.3. The van der Waals surface area contributed by atoms with Crippen LogP contribution in [0.3, 0.4) is 0 Å². The molecule has 2 rings (SSSR count). The van der Waals surface area contributed by atoms with Crippen molar-refractivity contribution in [1.29, 1.82) is 0 Å². The van der Waals surface area contributed by atoms with Crippen molar-refractivity contribution in [1.82, 2.24) is 10.2 Å². The molecule has 0 fully saturated rings. The number of hydrogen-bond donors (Lipinski definition) is 0. The SMILES string of the molecule is [2H]C([2H])([2H])C(c1cc(F)cc(C(F)(F)F)c1)c1cnnc(Br)c1.